The summed E-state index contributed by atoms with van der Waals surface area (Å²) in [4.78, 5) is 20.3. The molecule has 7 heteroatoms. The van der Waals surface area contributed by atoms with Gasteiger partial charge in [0.05, 0.1) is 24.0 Å². The fourth-order valence-corrected chi connectivity index (χ4v) is 4.39. The van der Waals surface area contributed by atoms with Crippen molar-refractivity contribution < 1.29 is 9.50 Å². The molecule has 1 saturated heterocycles. The Morgan fingerprint density at radius 2 is 1.96 bits per heavy atom. The standard InChI is InChI=1S/C19H20FN3O2S/c1-22-8-6-19(25,7-9-22)11-23-12-21-15-10-16(26-17(15)18(23)24)13-2-4-14(20)5-3-13/h2-5,10,12,25H,6-9,11H2,1H3. The predicted molar refractivity (Wildman–Crippen MR) is 101 cm³/mol. The summed E-state index contributed by atoms with van der Waals surface area (Å²) in [6.07, 6.45) is 2.79. The van der Waals surface area contributed by atoms with Gasteiger partial charge in [0, 0.05) is 18.0 Å². The molecular formula is C19H20FN3O2S. The highest BCUT2D eigenvalue weighted by molar-refractivity contribution is 7.22. The zero-order valence-corrected chi connectivity index (χ0v) is 15.3. The van der Waals surface area contributed by atoms with Crippen LogP contribution in [-0.4, -0.2) is 45.3 Å². The van der Waals surface area contributed by atoms with Gasteiger partial charge in [-0.15, -0.1) is 11.3 Å². The molecule has 1 N–H and O–H groups in total. The zero-order valence-electron chi connectivity index (χ0n) is 14.5. The second-order valence-corrected chi connectivity index (χ2v) is 8.09. The number of nitrogens with zero attached hydrogens (tertiary/aromatic N) is 3. The van der Waals surface area contributed by atoms with E-state index < -0.39 is 5.60 Å². The van der Waals surface area contributed by atoms with Crippen molar-refractivity contribution in [3.8, 4) is 10.4 Å². The average molecular weight is 373 g/mol. The van der Waals surface area contributed by atoms with Crippen molar-refractivity contribution in [2.45, 2.75) is 25.0 Å². The summed E-state index contributed by atoms with van der Waals surface area (Å²) in [5.41, 5.74) is 0.476. The monoisotopic (exact) mass is 373 g/mol. The molecule has 3 heterocycles. The number of aliphatic hydroxyl groups is 1. The molecule has 1 aliphatic heterocycles. The van der Waals surface area contributed by atoms with E-state index in [0.717, 1.165) is 23.5 Å². The quantitative estimate of drug-likeness (QED) is 0.767. The van der Waals surface area contributed by atoms with Gasteiger partial charge in [-0.25, -0.2) is 9.37 Å². The fraction of sp³-hybridized carbons (Fsp3) is 0.368. The number of hydrogen-bond acceptors (Lipinski definition) is 5. The molecule has 26 heavy (non-hydrogen) atoms. The lowest BCUT2D eigenvalue weighted by atomic mass is 9.91. The molecule has 0 saturated carbocycles. The number of hydrogen-bond donors (Lipinski definition) is 1. The Kier molecular flexibility index (Phi) is 4.38. The second kappa shape index (κ2) is 6.57. The number of likely N-dealkylation sites (tertiary alicyclic amines) is 1. The average Bonchev–Trinajstić information content (AvgIpc) is 3.06. The Morgan fingerprint density at radius 1 is 1.27 bits per heavy atom. The summed E-state index contributed by atoms with van der Waals surface area (Å²) in [7, 11) is 2.03. The Hall–Kier alpha value is -2.09. The SMILES string of the molecule is CN1CCC(O)(Cn2cnc3cc(-c4ccc(F)cc4)sc3c2=O)CC1. The van der Waals surface area contributed by atoms with Crippen LogP contribution in [-0.2, 0) is 6.54 Å². The van der Waals surface area contributed by atoms with E-state index in [1.807, 2.05) is 13.1 Å². The van der Waals surface area contributed by atoms with Crippen LogP contribution in [0.4, 0.5) is 4.39 Å². The van der Waals surface area contributed by atoms with Crippen LogP contribution >= 0.6 is 11.3 Å². The zero-order chi connectivity index (χ0) is 18.3. The molecule has 5 nitrogen and oxygen atoms in total. The van der Waals surface area contributed by atoms with Crippen LogP contribution in [0.2, 0.25) is 0 Å². The Labute approximate surface area is 154 Å². The summed E-state index contributed by atoms with van der Waals surface area (Å²) in [6, 6.07) is 8.05. The summed E-state index contributed by atoms with van der Waals surface area (Å²) in [5.74, 6) is -0.290. The Balaban J connectivity index is 1.67. The highest BCUT2D eigenvalue weighted by atomic mass is 32.1. The third-order valence-electron chi connectivity index (χ3n) is 5.01. The minimum absolute atomic E-state index is 0.138. The minimum Gasteiger partial charge on any atom is -0.388 e. The third-order valence-corrected chi connectivity index (χ3v) is 6.18. The van der Waals surface area contributed by atoms with Gasteiger partial charge in [0.15, 0.2) is 0 Å². The van der Waals surface area contributed by atoms with Crippen molar-refractivity contribution in [2.75, 3.05) is 20.1 Å². The van der Waals surface area contributed by atoms with E-state index in [1.54, 1.807) is 12.1 Å². The maximum absolute atomic E-state index is 13.1. The van der Waals surface area contributed by atoms with Crippen LogP contribution in [0.1, 0.15) is 12.8 Å². The first-order valence-electron chi connectivity index (χ1n) is 8.59. The first-order chi connectivity index (χ1) is 12.4. The molecule has 1 fully saturated rings. The van der Waals surface area contributed by atoms with Gasteiger partial charge in [-0.2, -0.15) is 0 Å². The number of piperidine rings is 1. The first-order valence-corrected chi connectivity index (χ1v) is 9.41. The Bertz CT molecular complexity index is 988. The molecule has 0 radical (unpaired) electrons. The second-order valence-electron chi connectivity index (χ2n) is 7.04. The van der Waals surface area contributed by atoms with Crippen LogP contribution in [0.15, 0.2) is 41.5 Å². The largest absolute Gasteiger partial charge is 0.388 e. The molecule has 0 atom stereocenters. The van der Waals surface area contributed by atoms with Crippen LogP contribution in [0.5, 0.6) is 0 Å². The molecule has 3 aromatic rings. The number of rotatable bonds is 3. The van der Waals surface area contributed by atoms with E-state index in [0.29, 0.717) is 23.1 Å². The molecule has 1 aromatic carbocycles. The van der Waals surface area contributed by atoms with Gasteiger partial charge in [0.1, 0.15) is 10.5 Å². The molecule has 1 aliphatic rings. The lowest BCUT2D eigenvalue weighted by Crippen LogP contribution is -2.46. The van der Waals surface area contributed by atoms with E-state index in [9.17, 15) is 14.3 Å². The van der Waals surface area contributed by atoms with Crippen LogP contribution in [0.25, 0.3) is 20.7 Å². The van der Waals surface area contributed by atoms with Crippen LogP contribution in [0, 0.1) is 5.82 Å². The lowest BCUT2D eigenvalue weighted by Gasteiger charge is -2.36. The first kappa shape index (κ1) is 17.3. The van der Waals surface area contributed by atoms with E-state index in [2.05, 4.69) is 9.88 Å². The van der Waals surface area contributed by atoms with Gasteiger partial charge < -0.3 is 10.0 Å². The third kappa shape index (κ3) is 3.30. The van der Waals surface area contributed by atoms with Gasteiger partial charge in [0.2, 0.25) is 0 Å². The van der Waals surface area contributed by atoms with E-state index in [1.165, 1.54) is 34.4 Å². The molecule has 0 amide bonds. The van der Waals surface area contributed by atoms with Crippen molar-refractivity contribution in [1.29, 1.82) is 0 Å². The summed E-state index contributed by atoms with van der Waals surface area (Å²) in [5, 5.41) is 10.8. The molecule has 0 unspecified atom stereocenters. The number of thiophene rings is 1. The maximum Gasteiger partial charge on any atom is 0.271 e. The summed E-state index contributed by atoms with van der Waals surface area (Å²) < 4.78 is 15.2. The molecule has 0 aliphatic carbocycles. The topological polar surface area (TPSA) is 58.4 Å². The van der Waals surface area contributed by atoms with E-state index in [4.69, 9.17) is 0 Å². The summed E-state index contributed by atoms with van der Waals surface area (Å²) >= 11 is 1.35. The molecule has 4 rings (SSSR count). The highest BCUT2D eigenvalue weighted by Gasteiger charge is 2.32. The van der Waals surface area contributed by atoms with Crippen molar-refractivity contribution in [1.82, 2.24) is 14.5 Å². The van der Waals surface area contributed by atoms with Gasteiger partial charge in [-0.1, -0.05) is 12.1 Å². The molecule has 136 valence electrons. The molecule has 2 aromatic heterocycles. The van der Waals surface area contributed by atoms with Crippen LogP contribution in [0.3, 0.4) is 0 Å². The normalized spacial score (nSPS) is 17.7. The van der Waals surface area contributed by atoms with E-state index in [-0.39, 0.29) is 17.9 Å². The van der Waals surface area contributed by atoms with Crippen molar-refractivity contribution in [2.24, 2.45) is 0 Å². The summed E-state index contributed by atoms with van der Waals surface area (Å²) in [6.45, 7) is 1.88. The predicted octanol–water partition coefficient (Wildman–Crippen LogP) is 2.72. The minimum atomic E-state index is -0.872. The lowest BCUT2D eigenvalue weighted by molar-refractivity contribution is -0.0298. The van der Waals surface area contributed by atoms with Crippen molar-refractivity contribution >= 4 is 21.6 Å². The maximum atomic E-state index is 13.1. The van der Waals surface area contributed by atoms with Crippen molar-refractivity contribution in [3.63, 3.8) is 0 Å². The fourth-order valence-electron chi connectivity index (χ4n) is 3.32. The highest BCUT2D eigenvalue weighted by Crippen LogP contribution is 2.31. The number of aromatic nitrogens is 2. The number of fused-ring (bicyclic) bond motifs is 1. The number of halogens is 1. The van der Waals surface area contributed by atoms with Crippen molar-refractivity contribution in [3.05, 3.63) is 52.8 Å². The number of benzene rings is 1. The van der Waals surface area contributed by atoms with Crippen LogP contribution < -0.4 is 5.56 Å². The molecular weight excluding hydrogens is 353 g/mol. The Morgan fingerprint density at radius 3 is 2.65 bits per heavy atom. The van der Waals surface area contributed by atoms with Gasteiger partial charge >= 0.3 is 0 Å². The smallest absolute Gasteiger partial charge is 0.271 e. The van der Waals surface area contributed by atoms with Gasteiger partial charge in [0.25, 0.3) is 5.56 Å². The van der Waals surface area contributed by atoms with Gasteiger partial charge in [-0.05, 0) is 43.7 Å². The molecule has 0 spiro atoms. The van der Waals surface area contributed by atoms with Gasteiger partial charge in [-0.3, -0.25) is 9.36 Å². The van der Waals surface area contributed by atoms with E-state index >= 15 is 0 Å². The molecule has 0 bridgehead atoms.